The van der Waals surface area contributed by atoms with Crippen LogP contribution >= 0.6 is 0 Å². The molecule has 0 bridgehead atoms. The molecular formula is C22H22FN3O3. The summed E-state index contributed by atoms with van der Waals surface area (Å²) in [4.78, 5) is 36.9. The van der Waals surface area contributed by atoms with Gasteiger partial charge in [-0.05, 0) is 37.1 Å². The predicted octanol–water partition coefficient (Wildman–Crippen LogP) is 2.90. The molecule has 0 radical (unpaired) electrons. The van der Waals surface area contributed by atoms with Crippen molar-refractivity contribution < 1.29 is 14.0 Å². The van der Waals surface area contributed by atoms with Crippen molar-refractivity contribution in [3.63, 3.8) is 0 Å². The Kier molecular flexibility index (Phi) is 6.07. The van der Waals surface area contributed by atoms with E-state index < -0.39 is 11.5 Å². The molecule has 1 amide bonds. The van der Waals surface area contributed by atoms with Crippen LogP contribution in [0.2, 0.25) is 0 Å². The van der Waals surface area contributed by atoms with Crippen molar-refractivity contribution >= 4 is 5.91 Å². The molecule has 0 aliphatic heterocycles. The predicted molar refractivity (Wildman–Crippen MR) is 107 cm³/mol. The van der Waals surface area contributed by atoms with Crippen molar-refractivity contribution in [2.24, 2.45) is 0 Å². The number of aryl methyl sites for hydroxylation is 1. The van der Waals surface area contributed by atoms with E-state index in [2.05, 4.69) is 4.98 Å². The Balaban J connectivity index is 1.85. The maximum atomic E-state index is 13.4. The highest BCUT2D eigenvalue weighted by atomic mass is 19.1. The van der Waals surface area contributed by atoms with Crippen molar-refractivity contribution in [1.82, 2.24) is 14.6 Å². The molecule has 1 heterocycles. The summed E-state index contributed by atoms with van der Waals surface area (Å²) in [6.07, 6.45) is 0. The molecule has 2 aromatic carbocycles. The zero-order chi connectivity index (χ0) is 21.0. The molecule has 0 unspecified atom stereocenters. The van der Waals surface area contributed by atoms with Gasteiger partial charge in [0.05, 0.1) is 11.4 Å². The summed E-state index contributed by atoms with van der Waals surface area (Å²) >= 11 is 0. The van der Waals surface area contributed by atoms with Gasteiger partial charge in [0.2, 0.25) is 0 Å². The third-order valence-corrected chi connectivity index (χ3v) is 4.56. The number of carbonyl (C=O) groups is 1. The average molecular weight is 395 g/mol. The maximum absolute atomic E-state index is 13.4. The van der Waals surface area contributed by atoms with Gasteiger partial charge in [-0.1, -0.05) is 42.5 Å². The van der Waals surface area contributed by atoms with Gasteiger partial charge in [-0.2, -0.15) is 0 Å². The average Bonchev–Trinajstić information content (AvgIpc) is 2.71. The highest BCUT2D eigenvalue weighted by molar-refractivity contribution is 5.91. The highest BCUT2D eigenvalue weighted by Gasteiger charge is 2.22. The maximum Gasteiger partial charge on any atom is 0.314 e. The number of amides is 1. The van der Waals surface area contributed by atoms with E-state index in [9.17, 15) is 14.0 Å². The van der Waals surface area contributed by atoms with Gasteiger partial charge >= 0.3 is 5.56 Å². The van der Waals surface area contributed by atoms with E-state index in [0.717, 1.165) is 10.3 Å². The van der Waals surface area contributed by atoms with E-state index in [1.165, 1.54) is 17.0 Å². The zero-order valence-electron chi connectivity index (χ0n) is 16.6. The number of benzene rings is 2. The number of nitrogens with zero attached hydrogens (tertiary/aromatic N) is 3. The molecule has 0 aliphatic carbocycles. The second-order valence-electron chi connectivity index (χ2n) is 6.78. The van der Waals surface area contributed by atoms with Gasteiger partial charge in [0.15, 0.2) is 5.69 Å². The monoisotopic (exact) mass is 395 g/mol. The van der Waals surface area contributed by atoms with Crippen LogP contribution in [0.3, 0.4) is 0 Å². The van der Waals surface area contributed by atoms with Crippen LogP contribution in [0.1, 0.15) is 33.0 Å². The second-order valence-corrected chi connectivity index (χ2v) is 6.78. The van der Waals surface area contributed by atoms with Crippen molar-refractivity contribution in [2.75, 3.05) is 7.05 Å². The lowest BCUT2D eigenvalue weighted by molar-refractivity contribution is 0.0718. The first-order chi connectivity index (χ1) is 13.9. The quantitative estimate of drug-likeness (QED) is 0.644. The molecule has 3 rings (SSSR count). The van der Waals surface area contributed by atoms with Crippen LogP contribution in [-0.2, 0) is 13.2 Å². The third-order valence-electron chi connectivity index (χ3n) is 4.56. The molecule has 0 spiro atoms. The van der Waals surface area contributed by atoms with E-state index in [0.29, 0.717) is 17.0 Å². The first-order valence-corrected chi connectivity index (χ1v) is 9.14. The largest absolute Gasteiger partial charge is 0.406 e. The molecule has 0 saturated heterocycles. The minimum atomic E-state index is -0.625. The minimum Gasteiger partial charge on any atom is -0.406 e. The first kappa shape index (κ1) is 20.3. The molecule has 0 saturated carbocycles. The molecule has 0 atom stereocenters. The summed E-state index contributed by atoms with van der Waals surface area (Å²) in [5.74, 6) is -0.941. The van der Waals surface area contributed by atoms with Gasteiger partial charge in [0.25, 0.3) is 5.91 Å². The van der Waals surface area contributed by atoms with Crippen LogP contribution in [0.4, 0.5) is 4.39 Å². The normalized spacial score (nSPS) is 10.6. The Morgan fingerprint density at radius 2 is 1.79 bits per heavy atom. The zero-order valence-corrected chi connectivity index (χ0v) is 16.6. The standard InChI is InChI=1S/C22H22FN3O3/c1-15-16(2)26(29-14-17-8-5-4-6-9-17)22(28)20(24-15)21(27)25(3)13-18-10-7-11-19(23)12-18/h4-12H,13-14H2,1-3H3. The van der Waals surface area contributed by atoms with Crippen LogP contribution in [0.5, 0.6) is 0 Å². The van der Waals surface area contributed by atoms with Crippen LogP contribution in [0, 0.1) is 19.7 Å². The number of hydrogen-bond acceptors (Lipinski definition) is 4. The van der Waals surface area contributed by atoms with E-state index in [1.807, 2.05) is 30.3 Å². The van der Waals surface area contributed by atoms with E-state index in [4.69, 9.17) is 4.84 Å². The number of carbonyl (C=O) groups excluding carboxylic acids is 1. The van der Waals surface area contributed by atoms with Gasteiger partial charge in [-0.15, -0.1) is 4.73 Å². The summed E-state index contributed by atoms with van der Waals surface area (Å²) < 4.78 is 14.5. The SMILES string of the molecule is Cc1nc(C(=O)N(C)Cc2cccc(F)c2)c(=O)n(OCc2ccccc2)c1C. The summed E-state index contributed by atoms with van der Waals surface area (Å²) in [6, 6.07) is 15.4. The second kappa shape index (κ2) is 8.68. The van der Waals surface area contributed by atoms with Crippen molar-refractivity contribution in [3.05, 3.63) is 99.0 Å². The van der Waals surface area contributed by atoms with Crippen molar-refractivity contribution in [3.8, 4) is 0 Å². The molecule has 6 nitrogen and oxygen atoms in total. The van der Waals surface area contributed by atoms with Crippen LogP contribution in [0.25, 0.3) is 0 Å². The van der Waals surface area contributed by atoms with Gasteiger partial charge in [-0.25, -0.2) is 9.37 Å². The smallest absolute Gasteiger partial charge is 0.314 e. The van der Waals surface area contributed by atoms with Gasteiger partial charge in [0.1, 0.15) is 12.4 Å². The molecule has 0 fully saturated rings. The lowest BCUT2D eigenvalue weighted by Gasteiger charge is -2.19. The molecule has 29 heavy (non-hydrogen) atoms. The summed E-state index contributed by atoms with van der Waals surface area (Å²) in [5, 5.41) is 0. The van der Waals surface area contributed by atoms with Crippen molar-refractivity contribution in [2.45, 2.75) is 27.0 Å². The number of aromatic nitrogens is 2. The number of hydrogen-bond donors (Lipinski definition) is 0. The van der Waals surface area contributed by atoms with E-state index in [-0.39, 0.29) is 24.7 Å². The van der Waals surface area contributed by atoms with Crippen LogP contribution in [-0.4, -0.2) is 27.6 Å². The van der Waals surface area contributed by atoms with E-state index >= 15 is 0 Å². The lowest BCUT2D eigenvalue weighted by Crippen LogP contribution is -2.39. The Bertz CT molecular complexity index is 1080. The Morgan fingerprint density at radius 3 is 2.48 bits per heavy atom. The van der Waals surface area contributed by atoms with Crippen molar-refractivity contribution in [1.29, 1.82) is 0 Å². The minimum absolute atomic E-state index is 0.148. The van der Waals surface area contributed by atoms with Gasteiger partial charge in [-0.3, -0.25) is 9.59 Å². The number of halogens is 1. The van der Waals surface area contributed by atoms with Gasteiger partial charge in [0, 0.05) is 13.6 Å². The Hall–Kier alpha value is -3.48. The summed E-state index contributed by atoms with van der Waals surface area (Å²) in [5.41, 5.74) is 1.69. The van der Waals surface area contributed by atoms with Crippen LogP contribution < -0.4 is 10.4 Å². The molecule has 150 valence electrons. The molecule has 7 heteroatoms. The van der Waals surface area contributed by atoms with E-state index in [1.54, 1.807) is 33.0 Å². The third kappa shape index (κ3) is 4.68. The molecule has 1 aromatic heterocycles. The fraction of sp³-hybridized carbons (Fsp3) is 0.227. The van der Waals surface area contributed by atoms with Gasteiger partial charge < -0.3 is 9.74 Å². The summed E-state index contributed by atoms with van der Waals surface area (Å²) in [6.45, 7) is 3.74. The topological polar surface area (TPSA) is 64.4 Å². The van der Waals surface area contributed by atoms with Crippen LogP contribution in [0.15, 0.2) is 59.4 Å². The lowest BCUT2D eigenvalue weighted by atomic mass is 10.2. The fourth-order valence-electron chi connectivity index (χ4n) is 2.86. The first-order valence-electron chi connectivity index (χ1n) is 9.14. The molecule has 3 aromatic rings. The Morgan fingerprint density at radius 1 is 1.10 bits per heavy atom. The molecular weight excluding hydrogens is 373 g/mol. The molecule has 0 aliphatic rings. The highest BCUT2D eigenvalue weighted by Crippen LogP contribution is 2.09. The number of rotatable bonds is 6. The molecule has 0 N–H and O–H groups in total. The fourth-order valence-corrected chi connectivity index (χ4v) is 2.86. The summed E-state index contributed by atoms with van der Waals surface area (Å²) in [7, 11) is 1.54. The Labute approximate surface area is 168 Å².